The standard InChI is InChI=1S/C30H30ClF3N4O6/c1-40-11-3-13-42-26-16-22-25(17-27(26)43-14-4-12-41-2)35-18-36-28(22)44-21-8-5-19(6-9-21)37-29(39)38-20-7-10-24(31)23(15-20)30(32,33)34/h5-10,15-18H,3-4,11-14H2,1-2H3,(H2,37,38,39). The van der Waals surface area contributed by atoms with Crippen molar-refractivity contribution in [3.05, 3.63) is 71.5 Å². The van der Waals surface area contributed by atoms with Gasteiger partial charge in [0, 0.05) is 57.7 Å². The Bertz CT molecular complexity index is 1560. The third kappa shape index (κ3) is 9.09. The summed E-state index contributed by atoms with van der Waals surface area (Å²) >= 11 is 5.64. The van der Waals surface area contributed by atoms with Crippen molar-refractivity contribution in [1.82, 2.24) is 9.97 Å². The summed E-state index contributed by atoms with van der Waals surface area (Å²) < 4.78 is 67.5. The minimum absolute atomic E-state index is 0.0691. The highest BCUT2D eigenvalue weighted by Gasteiger charge is 2.33. The topological polar surface area (TPSA) is 113 Å². The van der Waals surface area contributed by atoms with Gasteiger partial charge < -0.3 is 34.3 Å². The van der Waals surface area contributed by atoms with Gasteiger partial charge in [-0.15, -0.1) is 0 Å². The molecule has 0 spiro atoms. The van der Waals surface area contributed by atoms with Crippen LogP contribution in [-0.2, 0) is 15.7 Å². The summed E-state index contributed by atoms with van der Waals surface area (Å²) in [4.78, 5) is 21.0. The lowest BCUT2D eigenvalue weighted by atomic mass is 10.2. The number of rotatable bonds is 14. The summed E-state index contributed by atoms with van der Waals surface area (Å²) in [6.07, 6.45) is -1.91. The number of carbonyl (C=O) groups is 1. The van der Waals surface area contributed by atoms with Gasteiger partial charge in [0.2, 0.25) is 5.88 Å². The van der Waals surface area contributed by atoms with Crippen LogP contribution in [0, 0.1) is 0 Å². The van der Waals surface area contributed by atoms with Crippen LogP contribution in [0.4, 0.5) is 29.3 Å². The molecule has 3 aromatic carbocycles. The molecular formula is C30H30ClF3N4O6. The van der Waals surface area contributed by atoms with E-state index in [2.05, 4.69) is 20.6 Å². The molecule has 2 N–H and O–H groups in total. The lowest BCUT2D eigenvalue weighted by Gasteiger charge is -2.15. The highest BCUT2D eigenvalue weighted by molar-refractivity contribution is 6.31. The molecule has 234 valence electrons. The minimum atomic E-state index is -4.66. The summed E-state index contributed by atoms with van der Waals surface area (Å²) in [5.74, 6) is 1.70. The van der Waals surface area contributed by atoms with Gasteiger partial charge in [-0.25, -0.2) is 14.8 Å². The number of hydrogen-bond acceptors (Lipinski definition) is 8. The molecule has 1 heterocycles. The number of aromatic nitrogens is 2. The average Bonchev–Trinajstić information content (AvgIpc) is 2.99. The zero-order chi connectivity index (χ0) is 31.5. The van der Waals surface area contributed by atoms with E-state index >= 15 is 0 Å². The first-order valence-electron chi connectivity index (χ1n) is 13.4. The van der Waals surface area contributed by atoms with Crippen molar-refractivity contribution < 1.29 is 41.7 Å². The minimum Gasteiger partial charge on any atom is -0.490 e. The van der Waals surface area contributed by atoms with E-state index in [1.807, 2.05) is 0 Å². The molecule has 0 saturated heterocycles. The van der Waals surface area contributed by atoms with Crippen molar-refractivity contribution in [2.24, 2.45) is 0 Å². The fourth-order valence-electron chi connectivity index (χ4n) is 3.95. The predicted molar refractivity (Wildman–Crippen MR) is 159 cm³/mol. The fourth-order valence-corrected chi connectivity index (χ4v) is 4.17. The van der Waals surface area contributed by atoms with Crippen molar-refractivity contribution in [3.8, 4) is 23.1 Å². The Morgan fingerprint density at radius 2 is 1.43 bits per heavy atom. The highest BCUT2D eigenvalue weighted by atomic mass is 35.5. The van der Waals surface area contributed by atoms with Crippen LogP contribution in [0.2, 0.25) is 5.02 Å². The number of nitrogens with zero attached hydrogens (tertiary/aromatic N) is 2. The van der Waals surface area contributed by atoms with Crippen LogP contribution >= 0.6 is 11.6 Å². The summed E-state index contributed by atoms with van der Waals surface area (Å²) in [7, 11) is 3.25. The number of halogens is 4. The van der Waals surface area contributed by atoms with Crippen LogP contribution in [-0.4, -0.2) is 56.6 Å². The molecule has 0 saturated carbocycles. The van der Waals surface area contributed by atoms with E-state index in [4.69, 9.17) is 35.3 Å². The lowest BCUT2D eigenvalue weighted by molar-refractivity contribution is -0.137. The van der Waals surface area contributed by atoms with Gasteiger partial charge in [0.15, 0.2) is 11.5 Å². The van der Waals surface area contributed by atoms with Crippen LogP contribution in [0.25, 0.3) is 10.9 Å². The Morgan fingerprint density at radius 1 is 0.818 bits per heavy atom. The number of anilines is 2. The van der Waals surface area contributed by atoms with Gasteiger partial charge in [0.1, 0.15) is 12.1 Å². The molecule has 0 aliphatic rings. The van der Waals surface area contributed by atoms with E-state index < -0.39 is 22.8 Å². The van der Waals surface area contributed by atoms with Crippen molar-refractivity contribution in [3.63, 3.8) is 0 Å². The maximum atomic E-state index is 13.1. The van der Waals surface area contributed by atoms with Gasteiger partial charge in [-0.1, -0.05) is 11.6 Å². The van der Waals surface area contributed by atoms with Gasteiger partial charge in [-0.05, 0) is 48.5 Å². The molecular weight excluding hydrogens is 605 g/mol. The average molecular weight is 635 g/mol. The lowest BCUT2D eigenvalue weighted by Crippen LogP contribution is -2.19. The molecule has 0 radical (unpaired) electrons. The second-order valence-corrected chi connectivity index (χ2v) is 9.69. The molecule has 0 bridgehead atoms. The number of benzene rings is 3. The Hall–Kier alpha value is -4.33. The van der Waals surface area contributed by atoms with Crippen molar-refractivity contribution in [2.45, 2.75) is 19.0 Å². The monoisotopic (exact) mass is 634 g/mol. The zero-order valence-corrected chi connectivity index (χ0v) is 24.6. The molecule has 1 aromatic heterocycles. The number of fused-ring (bicyclic) bond motifs is 1. The molecule has 2 amide bonds. The fraction of sp³-hybridized carbons (Fsp3) is 0.300. The van der Waals surface area contributed by atoms with Gasteiger partial charge >= 0.3 is 12.2 Å². The molecule has 0 fully saturated rings. The van der Waals surface area contributed by atoms with Crippen LogP contribution in [0.15, 0.2) is 60.9 Å². The molecule has 4 rings (SSSR count). The molecule has 14 heteroatoms. The maximum absolute atomic E-state index is 13.1. The largest absolute Gasteiger partial charge is 0.490 e. The molecule has 44 heavy (non-hydrogen) atoms. The Kier molecular flexibility index (Phi) is 11.4. The van der Waals surface area contributed by atoms with Crippen molar-refractivity contribution in [1.29, 1.82) is 0 Å². The second kappa shape index (κ2) is 15.4. The summed E-state index contributed by atoms with van der Waals surface area (Å²) in [6, 6.07) is 12.2. The molecule has 0 unspecified atom stereocenters. The first kappa shape index (κ1) is 32.6. The summed E-state index contributed by atoms with van der Waals surface area (Å²) in [5, 5.41) is 5.04. The van der Waals surface area contributed by atoms with E-state index in [0.717, 1.165) is 12.1 Å². The van der Waals surface area contributed by atoms with Crippen LogP contribution in [0.5, 0.6) is 23.1 Å². The van der Waals surface area contributed by atoms with Crippen molar-refractivity contribution >= 4 is 39.9 Å². The SMILES string of the molecule is COCCCOc1cc2ncnc(Oc3ccc(NC(=O)Nc4ccc(Cl)c(C(F)(F)F)c4)cc3)c2cc1OCCCOC. The zero-order valence-electron chi connectivity index (χ0n) is 23.9. The van der Waals surface area contributed by atoms with E-state index in [1.54, 1.807) is 50.6 Å². The van der Waals surface area contributed by atoms with E-state index in [9.17, 15) is 18.0 Å². The first-order valence-corrected chi connectivity index (χ1v) is 13.8. The number of alkyl halides is 3. The second-order valence-electron chi connectivity index (χ2n) is 9.28. The number of nitrogens with one attached hydrogen (secondary N) is 2. The number of hydrogen-bond donors (Lipinski definition) is 2. The van der Waals surface area contributed by atoms with Crippen LogP contribution < -0.4 is 24.8 Å². The van der Waals surface area contributed by atoms with E-state index in [-0.39, 0.29) is 11.6 Å². The summed E-state index contributed by atoms with van der Waals surface area (Å²) in [5.41, 5.74) is -0.173. The van der Waals surface area contributed by atoms with Crippen molar-refractivity contribution in [2.75, 3.05) is 51.3 Å². The molecule has 0 aliphatic carbocycles. The smallest absolute Gasteiger partial charge is 0.417 e. The molecule has 10 nitrogen and oxygen atoms in total. The Morgan fingerprint density at radius 3 is 2.07 bits per heavy atom. The third-order valence-corrected chi connectivity index (χ3v) is 6.35. The van der Waals surface area contributed by atoms with Gasteiger partial charge in [-0.3, -0.25) is 0 Å². The Labute approximate surface area is 256 Å². The third-order valence-electron chi connectivity index (χ3n) is 6.02. The number of urea groups is 1. The predicted octanol–water partition coefficient (Wildman–Crippen LogP) is 7.57. The summed E-state index contributed by atoms with van der Waals surface area (Å²) in [6.45, 7) is 1.93. The van der Waals surface area contributed by atoms with E-state index in [1.165, 1.54) is 12.4 Å². The number of ether oxygens (including phenoxy) is 5. The number of amides is 2. The Balaban J connectivity index is 1.46. The van der Waals surface area contributed by atoms with Crippen LogP contribution in [0.3, 0.4) is 0 Å². The highest BCUT2D eigenvalue weighted by Crippen LogP contribution is 2.37. The molecule has 4 aromatic rings. The molecule has 0 aliphatic heterocycles. The van der Waals surface area contributed by atoms with E-state index in [0.29, 0.717) is 73.1 Å². The quantitative estimate of drug-likeness (QED) is 0.137. The van der Waals surface area contributed by atoms with Crippen LogP contribution in [0.1, 0.15) is 18.4 Å². The van der Waals surface area contributed by atoms with Gasteiger partial charge in [0.05, 0.1) is 34.7 Å². The normalized spacial score (nSPS) is 11.3. The first-order chi connectivity index (χ1) is 21.2. The van der Waals surface area contributed by atoms with Gasteiger partial charge in [-0.2, -0.15) is 13.2 Å². The molecule has 0 atom stereocenters. The van der Waals surface area contributed by atoms with Gasteiger partial charge in [0.25, 0.3) is 0 Å². The number of methoxy groups -OCH3 is 2. The number of carbonyl (C=O) groups excluding carboxylic acids is 1. The maximum Gasteiger partial charge on any atom is 0.417 e.